The highest BCUT2D eigenvalue weighted by atomic mass is 16.6. The van der Waals surface area contributed by atoms with Gasteiger partial charge in [-0.05, 0) is 85.6 Å². The summed E-state index contributed by atoms with van der Waals surface area (Å²) in [7, 11) is 0. The van der Waals surface area contributed by atoms with Crippen molar-refractivity contribution >= 4 is 70.6 Å². The average Bonchev–Trinajstić information content (AvgIpc) is 3.51. The summed E-state index contributed by atoms with van der Waals surface area (Å²) >= 11 is 0. The predicted octanol–water partition coefficient (Wildman–Crippen LogP) is 6.44. The van der Waals surface area contributed by atoms with Crippen LogP contribution in [0, 0.1) is 5.92 Å². The van der Waals surface area contributed by atoms with Crippen molar-refractivity contribution in [3.63, 3.8) is 0 Å². The standard InChI is InChI=1S/C52H71N11O8/c1-6-9-10-11-14-45(64)61-46(33(4)5)49(67)60-42(13-12-22-55-51(54)69)48(66)57-39-19-15-34(16-20-39)32-71-52(70)63-25-21-41-38(31-63)27-40(30-56-41)58-47(65)36-18-17-35-26-37(29-44(53)59-43(35)28-36)50(68)62(23-7-2)24-8-3/h15-20,26-28,30,33,42,46H,6-14,21-25,29,31-32H2,1-5H3,(H2,53,59)(H,57,66)(H,58,65)(H,60,67)(H,61,64)(H3,54,55,69). The Morgan fingerprint density at radius 1 is 0.845 bits per heavy atom. The zero-order valence-electron chi connectivity index (χ0n) is 41.7. The molecule has 0 radical (unpaired) electrons. The van der Waals surface area contributed by atoms with Gasteiger partial charge in [0.1, 0.15) is 24.5 Å². The summed E-state index contributed by atoms with van der Waals surface area (Å²) in [5, 5.41) is 13.8. The third-order valence-corrected chi connectivity index (χ3v) is 12.1. The van der Waals surface area contributed by atoms with E-state index in [9.17, 15) is 33.6 Å². The van der Waals surface area contributed by atoms with E-state index < -0.39 is 41.9 Å². The van der Waals surface area contributed by atoms with Gasteiger partial charge in [0, 0.05) is 73.5 Å². The Kier molecular flexibility index (Phi) is 20.9. The summed E-state index contributed by atoms with van der Waals surface area (Å²) < 4.78 is 5.67. The van der Waals surface area contributed by atoms with Gasteiger partial charge in [-0.3, -0.25) is 29.0 Å². The Morgan fingerprint density at radius 3 is 2.28 bits per heavy atom. The lowest BCUT2D eigenvalue weighted by atomic mass is 10.0. The molecule has 2 atom stereocenters. The molecule has 71 heavy (non-hydrogen) atoms. The Hall–Kier alpha value is -7.31. The molecule has 2 aliphatic rings. The minimum atomic E-state index is -0.994. The SMILES string of the molecule is CCCCCCC(=O)NC(C(=O)NC(CCCNC(N)=O)C(=O)Nc1ccc(COC(=O)N2CCc3ncc(NC(=O)c4ccc5c(c4)N=C(N)CC(C(=O)N(CCC)CCC)=C5)cc3C2)cc1)C(C)C. The van der Waals surface area contributed by atoms with Crippen LogP contribution in [0.5, 0.6) is 0 Å². The molecule has 5 rings (SSSR count). The van der Waals surface area contributed by atoms with Gasteiger partial charge in [0.05, 0.1) is 24.1 Å². The van der Waals surface area contributed by atoms with Gasteiger partial charge >= 0.3 is 12.1 Å². The number of nitrogens with one attached hydrogen (secondary N) is 5. The zero-order valence-corrected chi connectivity index (χ0v) is 41.7. The first-order chi connectivity index (χ1) is 34.1. The highest BCUT2D eigenvalue weighted by molar-refractivity contribution is 6.08. The van der Waals surface area contributed by atoms with Crippen molar-refractivity contribution in [2.45, 2.75) is 130 Å². The number of aliphatic imine (C=N–C) groups is 1. The van der Waals surface area contributed by atoms with Crippen molar-refractivity contribution in [3.8, 4) is 0 Å². The maximum atomic E-state index is 13.6. The molecule has 0 saturated carbocycles. The van der Waals surface area contributed by atoms with E-state index in [1.54, 1.807) is 65.7 Å². The van der Waals surface area contributed by atoms with Crippen molar-refractivity contribution in [1.29, 1.82) is 0 Å². The normalized spacial score (nSPS) is 13.7. The number of hydrogen-bond acceptors (Lipinski definition) is 11. The van der Waals surface area contributed by atoms with E-state index in [-0.39, 0.29) is 56.1 Å². The Balaban J connectivity index is 1.15. The van der Waals surface area contributed by atoms with Crippen LogP contribution in [0.25, 0.3) is 6.08 Å². The second-order valence-corrected chi connectivity index (χ2v) is 18.3. The number of primary amides is 1. The number of nitrogens with zero attached hydrogens (tertiary/aromatic N) is 4. The number of carbonyl (C=O) groups is 7. The number of benzene rings is 2. The van der Waals surface area contributed by atoms with Crippen LogP contribution in [0.2, 0.25) is 0 Å². The number of hydrogen-bond donors (Lipinski definition) is 7. The Labute approximate surface area is 416 Å². The molecule has 1 aromatic heterocycles. The monoisotopic (exact) mass is 978 g/mol. The number of nitrogens with two attached hydrogens (primary N) is 2. The molecule has 9 N–H and O–H groups in total. The third kappa shape index (κ3) is 16.7. The number of aromatic nitrogens is 1. The quantitative estimate of drug-likeness (QED) is 0.0483. The molecule has 382 valence electrons. The van der Waals surface area contributed by atoms with Crippen molar-refractivity contribution in [3.05, 3.63) is 88.2 Å². The van der Waals surface area contributed by atoms with Gasteiger partial charge in [0.15, 0.2) is 0 Å². The molecule has 0 spiro atoms. The van der Waals surface area contributed by atoms with E-state index >= 15 is 0 Å². The third-order valence-electron chi connectivity index (χ3n) is 12.1. The van der Waals surface area contributed by atoms with Crippen LogP contribution < -0.4 is 38.1 Å². The van der Waals surface area contributed by atoms with Crippen LogP contribution in [0.15, 0.2) is 65.3 Å². The Morgan fingerprint density at radius 2 is 1.59 bits per heavy atom. The van der Waals surface area contributed by atoms with Crippen LogP contribution in [0.3, 0.4) is 0 Å². The highest BCUT2D eigenvalue weighted by Crippen LogP contribution is 2.29. The highest BCUT2D eigenvalue weighted by Gasteiger charge is 2.29. The lowest BCUT2D eigenvalue weighted by molar-refractivity contribution is -0.132. The van der Waals surface area contributed by atoms with Gasteiger partial charge < -0.3 is 52.6 Å². The number of amidine groups is 1. The number of urea groups is 1. The maximum Gasteiger partial charge on any atom is 0.410 e. The fraction of sp³-hybridized carbons (Fsp3) is 0.481. The number of carbonyl (C=O) groups excluding carboxylic acids is 7. The molecule has 3 aromatic rings. The van der Waals surface area contributed by atoms with Gasteiger partial charge in [-0.1, -0.05) is 72.1 Å². The van der Waals surface area contributed by atoms with Crippen molar-refractivity contribution in [2.24, 2.45) is 22.4 Å². The number of rotatable bonds is 24. The van der Waals surface area contributed by atoms with Gasteiger partial charge in [0.2, 0.25) is 23.6 Å². The van der Waals surface area contributed by atoms with E-state index in [1.807, 2.05) is 32.6 Å². The van der Waals surface area contributed by atoms with E-state index in [0.717, 1.165) is 49.8 Å². The average molecular weight is 978 g/mol. The van der Waals surface area contributed by atoms with Crippen LogP contribution in [-0.4, -0.2) is 101 Å². The molecule has 0 fully saturated rings. The van der Waals surface area contributed by atoms with Gasteiger partial charge in [-0.15, -0.1) is 0 Å². The lowest BCUT2D eigenvalue weighted by Gasteiger charge is -2.28. The number of anilines is 2. The minimum absolute atomic E-state index is 0.0444. The van der Waals surface area contributed by atoms with E-state index in [2.05, 4.69) is 43.5 Å². The summed E-state index contributed by atoms with van der Waals surface area (Å²) in [6.45, 7) is 11.8. The first-order valence-corrected chi connectivity index (χ1v) is 24.8. The van der Waals surface area contributed by atoms with Gasteiger partial charge in [0.25, 0.3) is 5.91 Å². The number of unbranched alkanes of at least 4 members (excludes halogenated alkanes) is 3. The van der Waals surface area contributed by atoms with Crippen LogP contribution in [0.4, 0.5) is 26.7 Å². The van der Waals surface area contributed by atoms with Crippen LogP contribution in [0.1, 0.15) is 132 Å². The van der Waals surface area contributed by atoms with Crippen molar-refractivity contribution in [2.75, 3.05) is 36.8 Å². The molecular formula is C52H71N11O8. The second-order valence-electron chi connectivity index (χ2n) is 18.3. The number of pyridine rings is 1. The topological polar surface area (TPSA) is 273 Å². The molecule has 3 heterocycles. The molecule has 19 nitrogen and oxygen atoms in total. The Bertz CT molecular complexity index is 2430. The minimum Gasteiger partial charge on any atom is -0.445 e. The fourth-order valence-corrected chi connectivity index (χ4v) is 8.27. The number of amides is 8. The molecule has 8 amide bonds. The molecule has 2 aromatic carbocycles. The lowest BCUT2D eigenvalue weighted by Crippen LogP contribution is -2.54. The molecule has 0 bridgehead atoms. The first-order valence-electron chi connectivity index (χ1n) is 24.8. The first kappa shape index (κ1) is 54.6. The molecule has 2 unspecified atom stereocenters. The number of ether oxygens (including phenoxy) is 1. The second kappa shape index (κ2) is 27.2. The van der Waals surface area contributed by atoms with E-state index in [1.165, 1.54) is 0 Å². The molecule has 2 aliphatic heterocycles. The molecule has 19 heteroatoms. The molecule has 0 aliphatic carbocycles. The summed E-state index contributed by atoms with van der Waals surface area (Å²) in [6.07, 6.45) is 9.74. The predicted molar refractivity (Wildman–Crippen MR) is 273 cm³/mol. The van der Waals surface area contributed by atoms with E-state index in [0.29, 0.717) is 78.2 Å². The summed E-state index contributed by atoms with van der Waals surface area (Å²) in [5.41, 5.74) is 16.6. The summed E-state index contributed by atoms with van der Waals surface area (Å²) in [5.74, 6) is -1.65. The van der Waals surface area contributed by atoms with Gasteiger partial charge in [-0.2, -0.15) is 0 Å². The maximum absolute atomic E-state index is 13.6. The molecular weight excluding hydrogens is 907 g/mol. The van der Waals surface area contributed by atoms with Gasteiger partial charge in [-0.25, -0.2) is 14.6 Å². The van der Waals surface area contributed by atoms with E-state index in [4.69, 9.17) is 16.2 Å². The largest absolute Gasteiger partial charge is 0.445 e. The smallest absolute Gasteiger partial charge is 0.410 e. The summed E-state index contributed by atoms with van der Waals surface area (Å²) in [4.78, 5) is 104. The van der Waals surface area contributed by atoms with Crippen molar-refractivity contribution < 1.29 is 38.3 Å². The van der Waals surface area contributed by atoms with Crippen molar-refractivity contribution in [1.82, 2.24) is 30.7 Å². The van der Waals surface area contributed by atoms with Crippen LogP contribution in [-0.2, 0) is 43.5 Å². The fourth-order valence-electron chi connectivity index (χ4n) is 8.27. The zero-order chi connectivity index (χ0) is 51.5. The number of fused-ring (bicyclic) bond motifs is 2. The summed E-state index contributed by atoms with van der Waals surface area (Å²) in [6, 6.07) is 11.0. The van der Waals surface area contributed by atoms with Crippen LogP contribution >= 0.6 is 0 Å². The molecule has 0 saturated heterocycles.